The van der Waals surface area contributed by atoms with Gasteiger partial charge in [0.2, 0.25) is 0 Å². The number of amides is 1. The Bertz CT molecular complexity index is 677. The second kappa shape index (κ2) is 8.33. The summed E-state index contributed by atoms with van der Waals surface area (Å²) in [7, 11) is 0. The summed E-state index contributed by atoms with van der Waals surface area (Å²) >= 11 is 0. The molecule has 0 aromatic heterocycles. The highest BCUT2D eigenvalue weighted by Crippen LogP contribution is 2.37. The monoisotopic (exact) mass is 358 g/mol. The number of hydrogen-bond acceptors (Lipinski definition) is 4. The molecule has 0 spiro atoms. The van der Waals surface area contributed by atoms with E-state index in [0.29, 0.717) is 43.9 Å². The van der Waals surface area contributed by atoms with Gasteiger partial charge in [-0.3, -0.25) is 4.79 Å². The number of carbonyl (C=O) groups excluding carboxylic acids is 2. The van der Waals surface area contributed by atoms with E-state index in [1.165, 1.54) is 0 Å². The van der Waals surface area contributed by atoms with Gasteiger partial charge in [-0.05, 0) is 33.6 Å². The quantitative estimate of drug-likeness (QED) is 0.613. The highest BCUT2D eigenvalue weighted by molar-refractivity contribution is 5.96. The van der Waals surface area contributed by atoms with Gasteiger partial charge < -0.3 is 14.8 Å². The number of rotatable bonds is 6. The first-order valence-electron chi connectivity index (χ1n) is 8.78. The molecule has 1 amide bonds. The van der Waals surface area contributed by atoms with Crippen LogP contribution in [-0.4, -0.2) is 37.2 Å². The molecule has 1 aromatic rings. The van der Waals surface area contributed by atoms with Crippen LogP contribution in [0.3, 0.4) is 0 Å². The Labute approximate surface area is 154 Å². The summed E-state index contributed by atoms with van der Waals surface area (Å²) < 4.78 is 10.8. The van der Waals surface area contributed by atoms with Crippen molar-refractivity contribution in [1.82, 2.24) is 5.32 Å². The minimum Gasteiger partial charge on any atom is -0.444 e. The summed E-state index contributed by atoms with van der Waals surface area (Å²) in [6.07, 6.45) is 1.35. The maximum Gasteiger partial charge on any atom is 0.407 e. The van der Waals surface area contributed by atoms with Crippen LogP contribution >= 0.6 is 0 Å². The lowest BCUT2D eigenvalue weighted by Gasteiger charge is -2.27. The summed E-state index contributed by atoms with van der Waals surface area (Å²) in [6.45, 7) is 14.0. The molecule has 1 atom stereocenters. The predicted octanol–water partition coefficient (Wildman–Crippen LogP) is 4.13. The summed E-state index contributed by atoms with van der Waals surface area (Å²) in [5, 5.41) is 2.76. The van der Waals surface area contributed by atoms with Crippen LogP contribution in [-0.2, 0) is 9.47 Å². The van der Waals surface area contributed by atoms with Crippen molar-refractivity contribution in [2.45, 2.75) is 45.6 Å². The number of Topliss-reactive ketones (excluding diaryl/α,β-unsaturated/α-hetero) is 1. The first-order valence-corrected chi connectivity index (χ1v) is 8.78. The fourth-order valence-corrected chi connectivity index (χ4v) is 2.98. The molecule has 1 fully saturated rings. The van der Waals surface area contributed by atoms with Crippen molar-refractivity contribution in [1.29, 1.82) is 0 Å². The molecule has 6 heteroatoms. The van der Waals surface area contributed by atoms with Crippen molar-refractivity contribution < 1.29 is 19.1 Å². The first kappa shape index (κ1) is 19.9. The van der Waals surface area contributed by atoms with Crippen molar-refractivity contribution in [3.8, 4) is 0 Å². The molecule has 2 rings (SSSR count). The van der Waals surface area contributed by atoms with Crippen molar-refractivity contribution >= 4 is 17.6 Å². The normalized spacial score (nSPS) is 19.6. The molecule has 1 N–H and O–H groups in total. The van der Waals surface area contributed by atoms with Crippen molar-refractivity contribution in [2.75, 3.05) is 19.8 Å². The Morgan fingerprint density at radius 2 is 2.00 bits per heavy atom. The summed E-state index contributed by atoms with van der Waals surface area (Å²) in [6, 6.07) is 6.69. The van der Waals surface area contributed by atoms with Crippen molar-refractivity contribution in [2.24, 2.45) is 5.41 Å². The number of ketones is 1. The third-order valence-electron chi connectivity index (χ3n) is 4.36. The Morgan fingerprint density at radius 3 is 2.54 bits per heavy atom. The Morgan fingerprint density at radius 1 is 1.31 bits per heavy atom. The molecule has 1 saturated heterocycles. The number of benzene rings is 1. The van der Waals surface area contributed by atoms with E-state index in [4.69, 9.17) is 16.0 Å². The Balaban J connectivity index is 1.93. The molecule has 1 heterocycles. The lowest BCUT2D eigenvalue weighted by Crippen LogP contribution is -2.36. The lowest BCUT2D eigenvalue weighted by atomic mass is 9.78. The zero-order valence-electron chi connectivity index (χ0n) is 15.6. The first-order chi connectivity index (χ1) is 12.2. The van der Waals surface area contributed by atoms with Crippen LogP contribution in [0, 0.1) is 12.0 Å². The van der Waals surface area contributed by atoms with Gasteiger partial charge in [0.25, 0.3) is 0 Å². The maximum atomic E-state index is 12.6. The minimum atomic E-state index is -0.536. The third kappa shape index (κ3) is 5.85. The van der Waals surface area contributed by atoms with Gasteiger partial charge in [0, 0.05) is 30.6 Å². The standard InChI is InChI=1S/C20H26N2O4/c1-19(2,3)26-18(24)22-11-9-20(10-12-25-14-20)13-17(23)15-5-7-16(21-4)8-6-15/h5-8H,9-14H2,1-3H3,(H,22,24). The van der Waals surface area contributed by atoms with E-state index in [2.05, 4.69) is 10.2 Å². The fraction of sp³-hybridized carbons (Fsp3) is 0.550. The van der Waals surface area contributed by atoms with E-state index in [0.717, 1.165) is 6.42 Å². The summed E-state index contributed by atoms with van der Waals surface area (Å²) in [5.74, 6) is 0.0318. The van der Waals surface area contributed by atoms with Crippen LogP contribution in [0.1, 0.15) is 50.4 Å². The molecule has 0 aliphatic carbocycles. The van der Waals surface area contributed by atoms with Gasteiger partial charge in [-0.1, -0.05) is 24.3 Å². The second-order valence-corrected chi connectivity index (χ2v) is 7.74. The van der Waals surface area contributed by atoms with Crippen LogP contribution in [0.25, 0.3) is 4.85 Å². The molecule has 1 unspecified atom stereocenters. The third-order valence-corrected chi connectivity index (χ3v) is 4.36. The van der Waals surface area contributed by atoms with Gasteiger partial charge >= 0.3 is 6.09 Å². The molecule has 1 aliphatic rings. The number of nitrogens with one attached hydrogen (secondary N) is 1. The molecule has 140 valence electrons. The Kier molecular flexibility index (Phi) is 6.38. The molecule has 1 aromatic carbocycles. The van der Waals surface area contributed by atoms with Gasteiger partial charge in [0.1, 0.15) is 5.60 Å². The van der Waals surface area contributed by atoms with E-state index >= 15 is 0 Å². The highest BCUT2D eigenvalue weighted by Gasteiger charge is 2.37. The van der Waals surface area contributed by atoms with Gasteiger partial charge in [-0.15, -0.1) is 0 Å². The number of carbonyl (C=O) groups is 2. The maximum absolute atomic E-state index is 12.6. The van der Waals surface area contributed by atoms with Gasteiger partial charge in [-0.25, -0.2) is 9.64 Å². The van der Waals surface area contributed by atoms with E-state index in [1.54, 1.807) is 24.3 Å². The highest BCUT2D eigenvalue weighted by atomic mass is 16.6. The van der Waals surface area contributed by atoms with Gasteiger partial charge in [0.15, 0.2) is 11.5 Å². The topological polar surface area (TPSA) is 69.0 Å². The molecular weight excluding hydrogens is 332 g/mol. The van der Waals surface area contributed by atoms with Gasteiger partial charge in [0.05, 0.1) is 13.2 Å². The number of alkyl carbamates (subject to hydrolysis) is 1. The molecule has 1 aliphatic heterocycles. The largest absolute Gasteiger partial charge is 0.444 e. The van der Waals surface area contributed by atoms with Gasteiger partial charge in [-0.2, -0.15) is 0 Å². The zero-order chi connectivity index (χ0) is 19.2. The minimum absolute atomic E-state index is 0.0318. The van der Waals surface area contributed by atoms with E-state index < -0.39 is 11.7 Å². The molecular formula is C20H26N2O4. The zero-order valence-corrected chi connectivity index (χ0v) is 15.6. The predicted molar refractivity (Wildman–Crippen MR) is 98.4 cm³/mol. The van der Waals surface area contributed by atoms with E-state index in [-0.39, 0.29) is 11.2 Å². The lowest BCUT2D eigenvalue weighted by molar-refractivity contribution is 0.0516. The summed E-state index contributed by atoms with van der Waals surface area (Å²) in [5.41, 5.74) is 0.307. The fourth-order valence-electron chi connectivity index (χ4n) is 2.98. The van der Waals surface area contributed by atoms with Crippen LogP contribution in [0.4, 0.5) is 10.5 Å². The average Bonchev–Trinajstić information content (AvgIpc) is 3.01. The SMILES string of the molecule is [C-]#[N+]c1ccc(C(=O)CC2(CCNC(=O)OC(C)(C)C)CCOC2)cc1. The number of hydrogen-bond donors (Lipinski definition) is 1. The second-order valence-electron chi connectivity index (χ2n) is 7.74. The molecule has 0 bridgehead atoms. The molecule has 0 saturated carbocycles. The Hall–Kier alpha value is -2.39. The van der Waals surface area contributed by atoms with Crippen LogP contribution < -0.4 is 5.32 Å². The average molecular weight is 358 g/mol. The number of nitrogens with zero attached hydrogens (tertiary/aromatic N) is 1. The van der Waals surface area contributed by atoms with E-state index in [1.807, 2.05) is 20.8 Å². The molecule has 26 heavy (non-hydrogen) atoms. The van der Waals surface area contributed by atoms with Crippen LogP contribution in [0.5, 0.6) is 0 Å². The smallest absolute Gasteiger partial charge is 0.407 e. The molecule has 6 nitrogen and oxygen atoms in total. The van der Waals surface area contributed by atoms with Crippen LogP contribution in [0.15, 0.2) is 24.3 Å². The molecule has 0 radical (unpaired) electrons. The summed E-state index contributed by atoms with van der Waals surface area (Å²) in [4.78, 5) is 27.8. The van der Waals surface area contributed by atoms with Crippen molar-refractivity contribution in [3.05, 3.63) is 41.2 Å². The number of ether oxygens (including phenoxy) is 2. The van der Waals surface area contributed by atoms with E-state index in [9.17, 15) is 9.59 Å². The van der Waals surface area contributed by atoms with Crippen LogP contribution in [0.2, 0.25) is 0 Å². The van der Waals surface area contributed by atoms with Crippen molar-refractivity contribution in [3.63, 3.8) is 0 Å².